The van der Waals surface area contributed by atoms with Crippen molar-refractivity contribution in [2.45, 2.75) is 23.9 Å². The summed E-state index contributed by atoms with van der Waals surface area (Å²) < 4.78 is 74.8. The molecule has 1 unspecified atom stereocenters. The highest BCUT2D eigenvalue weighted by molar-refractivity contribution is 7.92. The first-order chi connectivity index (χ1) is 15.8. The predicted octanol–water partition coefficient (Wildman–Crippen LogP) is 2.36. The fourth-order valence-electron chi connectivity index (χ4n) is 3.84. The minimum Gasteiger partial charge on any atom is -0.364 e. The second kappa shape index (κ2) is 8.61. The van der Waals surface area contributed by atoms with Gasteiger partial charge in [0.25, 0.3) is 17.3 Å². The molecular weight excluding hydrogens is 495 g/mol. The van der Waals surface area contributed by atoms with Gasteiger partial charge in [-0.1, -0.05) is 6.07 Å². The standard InChI is InChI=1S/C20H18F3N5O4S2/c21-20(22,23)10-34(31,32)27-12-3-1-11-2-8-15-17(19(24)29)26-28(18(15)16(11)9-12)13-4-6-14(7-5-13)33(25)30/h1,3-7,9,27,30H,2,8,10,25H2,(H-,24,29)/p+1. The maximum absolute atomic E-state index is 12.6. The number of fused-ring (bicyclic) bond motifs is 3. The molecular formula is C20H19F3N5O4S2+. The van der Waals surface area contributed by atoms with Crippen LogP contribution in [0.5, 0.6) is 0 Å². The zero-order chi connectivity index (χ0) is 24.8. The topological polar surface area (TPSA) is 153 Å². The minimum atomic E-state index is -4.90. The Balaban J connectivity index is 1.83. The highest BCUT2D eigenvalue weighted by Crippen LogP contribution is 2.38. The molecule has 1 aromatic heterocycles. The summed E-state index contributed by atoms with van der Waals surface area (Å²) in [6.07, 6.45) is -3.98. The number of halogens is 3. The lowest BCUT2D eigenvalue weighted by molar-refractivity contribution is -0.106. The molecule has 1 amide bonds. The number of aryl methyl sites for hydroxylation is 1. The number of carbonyl (C=O) groups excluding carboxylic acids is 1. The molecule has 2 aromatic carbocycles. The summed E-state index contributed by atoms with van der Waals surface area (Å²) in [7, 11) is -4.69. The van der Waals surface area contributed by atoms with E-state index in [-0.39, 0.29) is 11.4 Å². The number of primary amides is 1. The van der Waals surface area contributed by atoms with Gasteiger partial charge in [-0.3, -0.25) is 9.52 Å². The smallest absolute Gasteiger partial charge is 0.364 e. The molecule has 34 heavy (non-hydrogen) atoms. The van der Waals surface area contributed by atoms with Gasteiger partial charge in [-0.15, -0.1) is 5.14 Å². The van der Waals surface area contributed by atoms with E-state index in [9.17, 15) is 30.9 Å². The molecule has 14 heteroatoms. The monoisotopic (exact) mass is 514 g/mol. The summed E-state index contributed by atoms with van der Waals surface area (Å²) in [6.45, 7) is 0. The second-order valence-electron chi connectivity index (χ2n) is 7.61. The molecule has 0 saturated heterocycles. The molecule has 1 atom stereocenters. The largest absolute Gasteiger partial charge is 0.404 e. The molecule has 4 rings (SSSR count). The average Bonchev–Trinajstić information content (AvgIpc) is 3.12. The van der Waals surface area contributed by atoms with E-state index in [4.69, 9.17) is 10.9 Å². The van der Waals surface area contributed by atoms with Crippen molar-refractivity contribution in [2.75, 3.05) is 10.5 Å². The molecule has 1 aliphatic carbocycles. The normalized spacial score (nSPS) is 14.3. The molecule has 1 aliphatic rings. The van der Waals surface area contributed by atoms with Gasteiger partial charge >= 0.3 is 6.18 Å². The number of nitrogens with two attached hydrogens (primary N) is 2. The zero-order valence-corrected chi connectivity index (χ0v) is 19.0. The summed E-state index contributed by atoms with van der Waals surface area (Å²) in [5.74, 6) is -2.78. The molecule has 0 spiro atoms. The molecule has 0 saturated carbocycles. The van der Waals surface area contributed by atoms with E-state index in [1.165, 1.54) is 16.8 Å². The summed E-state index contributed by atoms with van der Waals surface area (Å²) >= 11 is -1.45. The van der Waals surface area contributed by atoms with Gasteiger partial charge in [-0.25, -0.2) is 13.1 Å². The fraction of sp³-hybridized carbons (Fsp3) is 0.200. The van der Waals surface area contributed by atoms with E-state index < -0.39 is 39.2 Å². The van der Waals surface area contributed by atoms with Crippen LogP contribution < -0.4 is 15.6 Å². The first-order valence-electron chi connectivity index (χ1n) is 9.75. The van der Waals surface area contributed by atoms with Crippen molar-refractivity contribution in [2.24, 2.45) is 10.9 Å². The Kier molecular flexibility index (Phi) is 6.10. The number of hydrogen-bond acceptors (Lipinski definition) is 6. The van der Waals surface area contributed by atoms with Gasteiger partial charge in [0.15, 0.2) is 11.4 Å². The molecule has 0 aliphatic heterocycles. The highest BCUT2D eigenvalue weighted by Gasteiger charge is 2.35. The lowest BCUT2D eigenvalue weighted by Gasteiger charge is -2.20. The average molecular weight is 515 g/mol. The Morgan fingerprint density at radius 1 is 1.18 bits per heavy atom. The quantitative estimate of drug-likeness (QED) is 0.371. The summed E-state index contributed by atoms with van der Waals surface area (Å²) in [5, 5.41) is 9.85. The maximum atomic E-state index is 12.6. The number of aromatic nitrogens is 2. The molecule has 3 aromatic rings. The van der Waals surface area contributed by atoms with Crippen LogP contribution in [0.1, 0.15) is 21.6 Å². The minimum absolute atomic E-state index is 0.0357. The van der Waals surface area contributed by atoms with Gasteiger partial charge in [0, 0.05) is 28.9 Å². The van der Waals surface area contributed by atoms with E-state index in [1.807, 2.05) is 4.72 Å². The van der Waals surface area contributed by atoms with Gasteiger partial charge in [0.2, 0.25) is 14.9 Å². The molecule has 9 nitrogen and oxygen atoms in total. The van der Waals surface area contributed by atoms with Crippen LogP contribution in [0.15, 0.2) is 47.4 Å². The van der Waals surface area contributed by atoms with Crippen LogP contribution in [0.3, 0.4) is 0 Å². The lowest BCUT2D eigenvalue weighted by atomic mass is 9.88. The first-order valence-corrected chi connectivity index (χ1v) is 12.6. The molecule has 6 N–H and O–H groups in total. The molecule has 0 bridgehead atoms. The van der Waals surface area contributed by atoms with Crippen molar-refractivity contribution in [3.63, 3.8) is 0 Å². The Bertz CT molecular complexity index is 1370. The first kappa shape index (κ1) is 24.1. The third kappa shape index (κ3) is 4.89. The van der Waals surface area contributed by atoms with E-state index >= 15 is 0 Å². The van der Waals surface area contributed by atoms with Crippen LogP contribution in [-0.4, -0.2) is 40.6 Å². The molecule has 1 heterocycles. The summed E-state index contributed by atoms with van der Waals surface area (Å²) in [4.78, 5) is 12.5. The number of alkyl halides is 3. The number of carbonyl (C=O) groups is 1. The Morgan fingerprint density at radius 2 is 1.85 bits per heavy atom. The number of anilines is 1. The Hall–Kier alpha value is -3.07. The van der Waals surface area contributed by atoms with E-state index in [0.717, 1.165) is 5.56 Å². The number of hydrogen-bond donors (Lipinski definition) is 4. The van der Waals surface area contributed by atoms with Crippen molar-refractivity contribution < 1.29 is 30.9 Å². The predicted molar refractivity (Wildman–Crippen MR) is 121 cm³/mol. The van der Waals surface area contributed by atoms with Crippen molar-refractivity contribution >= 4 is 33.0 Å². The zero-order valence-electron chi connectivity index (χ0n) is 17.3. The van der Waals surface area contributed by atoms with Crippen LogP contribution >= 0.6 is 0 Å². The van der Waals surface area contributed by atoms with Gasteiger partial charge in [-0.2, -0.15) is 22.8 Å². The van der Waals surface area contributed by atoms with Crippen LogP contribution in [0, 0.1) is 0 Å². The number of sulfonamides is 1. The van der Waals surface area contributed by atoms with Crippen LogP contribution in [0.2, 0.25) is 0 Å². The number of nitrogens with zero attached hydrogens (tertiary/aromatic N) is 2. The summed E-state index contributed by atoms with van der Waals surface area (Å²) in [5.41, 5.74) is 8.30. The van der Waals surface area contributed by atoms with Gasteiger partial charge in [-0.05, 0) is 42.7 Å². The number of nitrogens with one attached hydrogen (secondary N) is 1. The number of rotatable bonds is 6. The Morgan fingerprint density at radius 3 is 2.44 bits per heavy atom. The van der Waals surface area contributed by atoms with Gasteiger partial charge < -0.3 is 5.73 Å². The van der Waals surface area contributed by atoms with Crippen LogP contribution in [0.25, 0.3) is 16.9 Å². The molecule has 0 fully saturated rings. The van der Waals surface area contributed by atoms with Crippen LogP contribution in [-0.2, 0) is 34.2 Å². The van der Waals surface area contributed by atoms with E-state index in [0.29, 0.717) is 40.2 Å². The molecule has 180 valence electrons. The molecule has 0 radical (unpaired) electrons. The van der Waals surface area contributed by atoms with E-state index in [2.05, 4.69) is 5.10 Å². The van der Waals surface area contributed by atoms with E-state index in [1.54, 1.807) is 30.3 Å². The SMILES string of the molecule is NC(=O)c1nn(-c2ccc([S+](N)O)cc2)c2c1CCc1ccc(NS(=O)(=O)CC(F)(F)F)cc1-2. The number of amides is 1. The summed E-state index contributed by atoms with van der Waals surface area (Å²) in [6, 6.07) is 10.8. The third-order valence-electron chi connectivity index (χ3n) is 5.18. The van der Waals surface area contributed by atoms with Crippen molar-refractivity contribution in [3.8, 4) is 16.9 Å². The lowest BCUT2D eigenvalue weighted by Crippen LogP contribution is -2.27. The van der Waals surface area contributed by atoms with Crippen LogP contribution in [0.4, 0.5) is 18.9 Å². The van der Waals surface area contributed by atoms with Crippen molar-refractivity contribution in [3.05, 3.63) is 59.3 Å². The van der Waals surface area contributed by atoms with Gasteiger partial charge in [0.05, 0.1) is 11.4 Å². The fourth-order valence-corrected chi connectivity index (χ4v) is 5.25. The third-order valence-corrected chi connectivity index (χ3v) is 7.19. The number of benzene rings is 2. The van der Waals surface area contributed by atoms with Crippen molar-refractivity contribution in [1.29, 1.82) is 0 Å². The highest BCUT2D eigenvalue weighted by atomic mass is 32.2. The maximum Gasteiger partial charge on any atom is 0.404 e. The van der Waals surface area contributed by atoms with Gasteiger partial charge in [0.1, 0.15) is 0 Å². The second-order valence-corrected chi connectivity index (χ2v) is 10.4. The van der Waals surface area contributed by atoms with Crippen molar-refractivity contribution in [1.82, 2.24) is 9.78 Å². The Labute approximate surface area is 195 Å².